The predicted octanol–water partition coefficient (Wildman–Crippen LogP) is 6.13. The Bertz CT molecular complexity index is 650. The van der Waals surface area contributed by atoms with Crippen LogP contribution in [0.25, 0.3) is 5.03 Å². The lowest BCUT2D eigenvalue weighted by molar-refractivity contribution is 0.630. The van der Waals surface area contributed by atoms with Crippen LogP contribution in [0.2, 0.25) is 0 Å². The summed E-state index contributed by atoms with van der Waals surface area (Å²) >= 11 is 6.56. The third kappa shape index (κ3) is 4.47. The van der Waals surface area contributed by atoms with E-state index in [0.717, 1.165) is 12.7 Å². The Hall–Kier alpha value is -1.17. The zero-order chi connectivity index (χ0) is 17.5. The molecule has 128 valence electrons. The van der Waals surface area contributed by atoms with E-state index >= 15 is 0 Å². The summed E-state index contributed by atoms with van der Waals surface area (Å²) in [5.74, 6) is 0.534. The molecule has 0 nitrogen and oxygen atoms in total. The lowest BCUT2D eigenvalue weighted by atomic mass is 9.78. The van der Waals surface area contributed by atoms with Gasteiger partial charge in [0, 0.05) is 11.5 Å². The minimum atomic E-state index is 0.534. The van der Waals surface area contributed by atoms with Gasteiger partial charge in [-0.3, -0.25) is 0 Å². The van der Waals surface area contributed by atoms with Gasteiger partial charge >= 0.3 is 0 Å². The van der Waals surface area contributed by atoms with Gasteiger partial charge in [-0.1, -0.05) is 68.0 Å². The second-order valence-electron chi connectivity index (χ2n) is 6.98. The van der Waals surface area contributed by atoms with Crippen LogP contribution in [0.15, 0.2) is 36.1 Å². The maximum absolute atomic E-state index is 6.56. The van der Waals surface area contributed by atoms with Crippen LogP contribution in [0, 0.1) is 0 Å². The molecule has 1 aromatic rings. The van der Waals surface area contributed by atoms with E-state index in [-0.39, 0.29) is 0 Å². The van der Waals surface area contributed by atoms with Crippen molar-refractivity contribution in [2.24, 2.45) is 0 Å². The molecule has 0 spiro atoms. The van der Waals surface area contributed by atoms with Gasteiger partial charge in [0.05, 0.1) is 5.03 Å². The van der Waals surface area contributed by atoms with Crippen molar-refractivity contribution in [2.45, 2.75) is 71.0 Å². The molecule has 0 radical (unpaired) electrons. The Morgan fingerprint density at radius 1 is 1.38 bits per heavy atom. The van der Waals surface area contributed by atoms with Gasteiger partial charge < -0.3 is 0 Å². The van der Waals surface area contributed by atoms with Crippen molar-refractivity contribution >= 4 is 24.5 Å². The molecule has 0 bridgehead atoms. The third-order valence-electron chi connectivity index (χ3n) is 5.18. The summed E-state index contributed by atoms with van der Waals surface area (Å²) in [4.78, 5) is 0. The Morgan fingerprint density at radius 2 is 2.17 bits per heavy atom. The highest BCUT2D eigenvalue weighted by molar-refractivity contribution is 6.49. The highest BCUT2D eigenvalue weighted by Crippen LogP contribution is 2.37. The molecule has 0 saturated heterocycles. The van der Waals surface area contributed by atoms with Gasteiger partial charge in [-0.2, -0.15) is 0 Å². The van der Waals surface area contributed by atoms with E-state index in [4.69, 9.17) is 11.6 Å². The third-order valence-corrected chi connectivity index (χ3v) is 5.51. The number of hydrogen-bond donors (Lipinski definition) is 0. The number of allylic oxidation sites excluding steroid dienone is 2. The molecular formula is C22H30BCl. The molecule has 1 aromatic carbocycles. The van der Waals surface area contributed by atoms with E-state index < -0.39 is 0 Å². The van der Waals surface area contributed by atoms with Gasteiger partial charge in [-0.05, 0) is 55.7 Å². The van der Waals surface area contributed by atoms with Crippen LogP contribution < -0.4 is 0 Å². The van der Waals surface area contributed by atoms with Crippen molar-refractivity contribution in [3.8, 4) is 0 Å². The molecule has 2 rings (SSSR count). The normalized spacial score (nSPS) is 17.3. The molecule has 1 atom stereocenters. The molecule has 0 heterocycles. The standard InChI is InChI=1S/C22H30BCl/c1-4-6-7-10-17-12-13-19(18-11-8-9-16(3)14-18)20(15-23)22(17)21(24)5-2/h12-14,18H,2,4,6-11,15,23H2,1,3H3. The minimum Gasteiger partial charge on any atom is -0.108 e. The molecule has 1 unspecified atom stereocenters. The second-order valence-corrected chi connectivity index (χ2v) is 7.36. The Kier molecular flexibility index (Phi) is 7.47. The highest BCUT2D eigenvalue weighted by Gasteiger charge is 2.21. The molecule has 0 fully saturated rings. The largest absolute Gasteiger partial charge is 0.108 e. The van der Waals surface area contributed by atoms with Gasteiger partial charge in [0.25, 0.3) is 0 Å². The maximum Gasteiger partial charge on any atom is 0.107 e. The molecule has 0 amide bonds. The van der Waals surface area contributed by atoms with Gasteiger partial charge in [0.2, 0.25) is 0 Å². The lowest BCUT2D eigenvalue weighted by Crippen LogP contribution is -2.09. The van der Waals surface area contributed by atoms with Gasteiger partial charge in [0.1, 0.15) is 7.85 Å². The van der Waals surface area contributed by atoms with E-state index in [2.05, 4.69) is 52.2 Å². The fourth-order valence-electron chi connectivity index (χ4n) is 3.93. The fraction of sp³-hybridized carbons (Fsp3) is 0.500. The molecular weight excluding hydrogens is 311 g/mol. The molecule has 0 aromatic heterocycles. The van der Waals surface area contributed by atoms with Crippen molar-refractivity contribution in [3.05, 3.63) is 58.3 Å². The number of rotatable bonds is 7. The zero-order valence-electron chi connectivity index (χ0n) is 15.6. The molecule has 1 aliphatic rings. The van der Waals surface area contributed by atoms with E-state index in [1.54, 1.807) is 0 Å². The van der Waals surface area contributed by atoms with E-state index in [1.165, 1.54) is 66.4 Å². The number of unbranched alkanes of at least 4 members (excludes halogenated alkanes) is 2. The average molecular weight is 341 g/mol. The van der Waals surface area contributed by atoms with E-state index in [9.17, 15) is 0 Å². The summed E-state index contributed by atoms with van der Waals surface area (Å²) < 4.78 is 0. The molecule has 0 N–H and O–H groups in total. The zero-order valence-corrected chi connectivity index (χ0v) is 16.3. The van der Waals surface area contributed by atoms with Gasteiger partial charge in [-0.25, -0.2) is 0 Å². The average Bonchev–Trinajstić information content (AvgIpc) is 2.60. The monoisotopic (exact) mass is 340 g/mol. The number of hydrogen-bond acceptors (Lipinski definition) is 0. The van der Waals surface area contributed by atoms with Crippen LogP contribution in [0.5, 0.6) is 0 Å². The molecule has 24 heavy (non-hydrogen) atoms. The van der Waals surface area contributed by atoms with Crippen LogP contribution in [0.3, 0.4) is 0 Å². The van der Waals surface area contributed by atoms with Crippen LogP contribution >= 0.6 is 11.6 Å². The Balaban J connectivity index is 2.50. The fourth-order valence-corrected chi connectivity index (χ4v) is 4.17. The molecule has 0 saturated carbocycles. The number of aryl methyl sites for hydroxylation is 1. The summed E-state index contributed by atoms with van der Waals surface area (Å²) in [6, 6.07) is 4.66. The summed E-state index contributed by atoms with van der Waals surface area (Å²) in [6.45, 7) is 8.30. The van der Waals surface area contributed by atoms with Gasteiger partial charge in [-0.15, -0.1) is 5.73 Å². The minimum absolute atomic E-state index is 0.534. The van der Waals surface area contributed by atoms with Crippen LogP contribution in [0.1, 0.15) is 80.5 Å². The first-order chi connectivity index (χ1) is 11.6. The van der Waals surface area contributed by atoms with Gasteiger partial charge in [0.15, 0.2) is 0 Å². The van der Waals surface area contributed by atoms with Crippen LogP contribution in [-0.2, 0) is 12.7 Å². The Labute approximate surface area is 154 Å². The first-order valence-corrected chi connectivity index (χ1v) is 9.87. The lowest BCUT2D eigenvalue weighted by Gasteiger charge is -2.25. The van der Waals surface area contributed by atoms with E-state index in [0.29, 0.717) is 11.0 Å². The molecule has 0 aliphatic heterocycles. The van der Waals surface area contributed by atoms with Crippen LogP contribution in [-0.4, -0.2) is 7.85 Å². The topological polar surface area (TPSA) is 0 Å². The van der Waals surface area contributed by atoms with E-state index in [1.807, 2.05) is 0 Å². The summed E-state index contributed by atoms with van der Waals surface area (Å²) in [5, 5.41) is 0.691. The van der Waals surface area contributed by atoms with Crippen molar-refractivity contribution in [1.82, 2.24) is 0 Å². The summed E-state index contributed by atoms with van der Waals surface area (Å²) in [5.41, 5.74) is 9.89. The molecule has 2 heteroatoms. The maximum atomic E-state index is 6.56. The van der Waals surface area contributed by atoms with Crippen molar-refractivity contribution in [1.29, 1.82) is 0 Å². The highest BCUT2D eigenvalue weighted by atomic mass is 35.5. The summed E-state index contributed by atoms with van der Waals surface area (Å²) in [6.07, 6.45) is 12.1. The number of benzene rings is 1. The van der Waals surface area contributed by atoms with Crippen LogP contribution in [0.4, 0.5) is 0 Å². The molecule has 1 aliphatic carbocycles. The summed E-state index contributed by atoms with van der Waals surface area (Å²) in [7, 11) is 2.24. The first-order valence-electron chi connectivity index (χ1n) is 9.50. The SMILES string of the molecule is BCc1c(C2C=C(C)CCC2)ccc(CCCCC)c1C(Cl)=C=C. The quantitative estimate of drug-likeness (QED) is 0.242. The predicted molar refractivity (Wildman–Crippen MR) is 111 cm³/mol. The number of halogens is 1. The smallest absolute Gasteiger partial charge is 0.107 e. The van der Waals surface area contributed by atoms with Crippen molar-refractivity contribution < 1.29 is 0 Å². The van der Waals surface area contributed by atoms with Crippen molar-refractivity contribution in [2.75, 3.05) is 0 Å². The van der Waals surface area contributed by atoms with Crippen molar-refractivity contribution in [3.63, 3.8) is 0 Å². The second kappa shape index (κ2) is 9.35. The first kappa shape index (κ1) is 19.2. The Morgan fingerprint density at radius 3 is 2.79 bits per heavy atom.